The van der Waals surface area contributed by atoms with Gasteiger partial charge in [-0.15, -0.1) is 0 Å². The largest absolute Gasteiger partial charge is 0.496 e. The predicted octanol–water partition coefficient (Wildman–Crippen LogP) is 4.13. The Balaban J connectivity index is 1.80. The summed E-state index contributed by atoms with van der Waals surface area (Å²) in [6.45, 7) is 2.27. The molecule has 0 radical (unpaired) electrons. The highest BCUT2D eigenvalue weighted by Crippen LogP contribution is 2.31. The number of para-hydroxylation sites is 1. The molecule has 0 saturated carbocycles. The quantitative estimate of drug-likeness (QED) is 0.228. The van der Waals surface area contributed by atoms with Gasteiger partial charge in [-0.1, -0.05) is 18.2 Å². The SMILES string of the molecule is CCOc1cc(/C=C(\C#N)C(=O)NCc2ccco2)ccc1OC(=O)c1ccccc1OC. The van der Waals surface area contributed by atoms with Crippen molar-refractivity contribution in [3.63, 3.8) is 0 Å². The normalized spacial score (nSPS) is 10.8. The number of amides is 1. The van der Waals surface area contributed by atoms with Crippen LogP contribution in [0, 0.1) is 11.3 Å². The second-order valence-corrected chi connectivity index (χ2v) is 6.66. The Kier molecular flexibility index (Phi) is 7.86. The van der Waals surface area contributed by atoms with E-state index >= 15 is 0 Å². The zero-order valence-corrected chi connectivity index (χ0v) is 18.2. The van der Waals surface area contributed by atoms with E-state index in [0.717, 1.165) is 0 Å². The van der Waals surface area contributed by atoms with Crippen molar-refractivity contribution in [2.24, 2.45) is 0 Å². The minimum Gasteiger partial charge on any atom is -0.496 e. The van der Waals surface area contributed by atoms with E-state index in [2.05, 4.69) is 5.32 Å². The summed E-state index contributed by atoms with van der Waals surface area (Å²) >= 11 is 0. The average Bonchev–Trinajstić information content (AvgIpc) is 3.36. The molecule has 0 saturated heterocycles. The first-order valence-electron chi connectivity index (χ1n) is 10.1. The topological polar surface area (TPSA) is 111 Å². The van der Waals surface area contributed by atoms with Gasteiger partial charge in [0.25, 0.3) is 5.91 Å². The molecule has 1 aromatic heterocycles. The molecule has 0 spiro atoms. The van der Waals surface area contributed by atoms with E-state index in [1.807, 2.05) is 6.07 Å². The molecule has 8 nitrogen and oxygen atoms in total. The highest BCUT2D eigenvalue weighted by atomic mass is 16.6. The molecule has 2 aromatic carbocycles. The van der Waals surface area contributed by atoms with Crippen molar-refractivity contribution in [3.05, 3.63) is 83.3 Å². The lowest BCUT2D eigenvalue weighted by Crippen LogP contribution is -2.23. The van der Waals surface area contributed by atoms with Gasteiger partial charge in [0.15, 0.2) is 11.5 Å². The van der Waals surface area contributed by atoms with E-state index in [4.69, 9.17) is 18.6 Å². The fourth-order valence-electron chi connectivity index (χ4n) is 2.93. The van der Waals surface area contributed by atoms with Gasteiger partial charge in [0, 0.05) is 0 Å². The fourth-order valence-corrected chi connectivity index (χ4v) is 2.93. The molecule has 0 aliphatic carbocycles. The Bertz CT molecular complexity index is 1190. The van der Waals surface area contributed by atoms with E-state index in [0.29, 0.717) is 29.4 Å². The number of carbonyl (C=O) groups excluding carboxylic acids is 2. The summed E-state index contributed by atoms with van der Waals surface area (Å²) in [4.78, 5) is 25.0. The van der Waals surface area contributed by atoms with Crippen LogP contribution in [-0.2, 0) is 11.3 Å². The van der Waals surface area contributed by atoms with Gasteiger partial charge in [0.05, 0.1) is 26.5 Å². The van der Waals surface area contributed by atoms with Crippen LogP contribution in [0.4, 0.5) is 0 Å². The van der Waals surface area contributed by atoms with Gasteiger partial charge >= 0.3 is 5.97 Å². The third kappa shape index (κ3) is 6.02. The number of carbonyl (C=O) groups is 2. The maximum Gasteiger partial charge on any atom is 0.347 e. The molecular weight excluding hydrogens is 424 g/mol. The Morgan fingerprint density at radius 2 is 1.91 bits per heavy atom. The van der Waals surface area contributed by atoms with E-state index in [9.17, 15) is 14.9 Å². The Hall–Kier alpha value is -4.51. The first-order valence-corrected chi connectivity index (χ1v) is 10.1. The summed E-state index contributed by atoms with van der Waals surface area (Å²) in [5.74, 6) is 0.304. The number of methoxy groups -OCH3 is 1. The van der Waals surface area contributed by atoms with Crippen molar-refractivity contribution < 1.29 is 28.2 Å². The fraction of sp³-hybridized carbons (Fsp3) is 0.160. The second kappa shape index (κ2) is 11.2. The molecule has 8 heteroatoms. The molecule has 3 aromatic rings. The van der Waals surface area contributed by atoms with Gasteiger partial charge in [0.2, 0.25) is 0 Å². The Morgan fingerprint density at radius 3 is 2.61 bits per heavy atom. The Labute approximate surface area is 191 Å². The summed E-state index contributed by atoms with van der Waals surface area (Å²) in [6, 6.07) is 16.8. The van der Waals surface area contributed by atoms with Gasteiger partial charge in [-0.25, -0.2) is 4.79 Å². The van der Waals surface area contributed by atoms with Gasteiger partial charge in [0.1, 0.15) is 28.7 Å². The number of hydrogen-bond acceptors (Lipinski definition) is 7. The molecule has 0 atom stereocenters. The third-order valence-electron chi connectivity index (χ3n) is 4.48. The van der Waals surface area contributed by atoms with Crippen LogP contribution in [0.3, 0.4) is 0 Å². The molecule has 0 aliphatic rings. The second-order valence-electron chi connectivity index (χ2n) is 6.66. The van der Waals surface area contributed by atoms with Crippen LogP contribution in [0.2, 0.25) is 0 Å². The number of ether oxygens (including phenoxy) is 3. The predicted molar refractivity (Wildman–Crippen MR) is 120 cm³/mol. The molecule has 1 heterocycles. The zero-order valence-electron chi connectivity index (χ0n) is 18.2. The van der Waals surface area contributed by atoms with Gasteiger partial charge < -0.3 is 23.9 Å². The van der Waals surface area contributed by atoms with E-state index in [-0.39, 0.29) is 23.4 Å². The smallest absolute Gasteiger partial charge is 0.347 e. The first kappa shape index (κ1) is 23.2. The lowest BCUT2D eigenvalue weighted by Gasteiger charge is -2.13. The highest BCUT2D eigenvalue weighted by molar-refractivity contribution is 6.01. The summed E-state index contributed by atoms with van der Waals surface area (Å²) in [7, 11) is 1.47. The number of nitrogens with one attached hydrogen (secondary N) is 1. The average molecular weight is 446 g/mol. The van der Waals surface area contributed by atoms with Crippen molar-refractivity contribution >= 4 is 18.0 Å². The minimum absolute atomic E-state index is 0.0947. The minimum atomic E-state index is -0.605. The van der Waals surface area contributed by atoms with Crippen molar-refractivity contribution in [1.82, 2.24) is 5.32 Å². The van der Waals surface area contributed by atoms with Crippen LogP contribution < -0.4 is 19.5 Å². The molecule has 0 fully saturated rings. The molecule has 1 amide bonds. The lowest BCUT2D eigenvalue weighted by molar-refractivity contribution is -0.117. The van der Waals surface area contributed by atoms with E-state index in [1.165, 1.54) is 19.4 Å². The maximum absolute atomic E-state index is 12.6. The lowest BCUT2D eigenvalue weighted by atomic mass is 10.1. The van der Waals surface area contributed by atoms with Gasteiger partial charge in [-0.2, -0.15) is 5.26 Å². The zero-order chi connectivity index (χ0) is 23.6. The number of esters is 1. The molecule has 168 valence electrons. The molecule has 0 bridgehead atoms. The summed E-state index contributed by atoms with van der Waals surface area (Å²) in [6.07, 6.45) is 2.92. The highest BCUT2D eigenvalue weighted by Gasteiger charge is 2.17. The number of hydrogen-bond donors (Lipinski definition) is 1. The van der Waals surface area contributed by atoms with E-state index in [1.54, 1.807) is 61.5 Å². The van der Waals surface area contributed by atoms with Crippen molar-refractivity contribution in [2.75, 3.05) is 13.7 Å². The monoisotopic (exact) mass is 446 g/mol. The number of nitriles is 1. The number of nitrogens with zero attached hydrogens (tertiary/aromatic N) is 1. The van der Waals surface area contributed by atoms with Crippen LogP contribution in [0.1, 0.15) is 28.6 Å². The van der Waals surface area contributed by atoms with Gasteiger partial charge in [-0.3, -0.25) is 4.79 Å². The third-order valence-corrected chi connectivity index (χ3v) is 4.48. The first-order chi connectivity index (χ1) is 16.0. The Morgan fingerprint density at radius 1 is 1.09 bits per heavy atom. The number of benzene rings is 2. The molecule has 0 aliphatic heterocycles. The summed E-state index contributed by atoms with van der Waals surface area (Å²) in [5, 5.41) is 12.0. The maximum atomic E-state index is 12.6. The van der Waals surface area contributed by atoms with Crippen LogP contribution in [0.15, 0.2) is 70.9 Å². The molecule has 0 unspecified atom stereocenters. The standard InChI is InChI=1S/C25H22N2O6/c1-3-31-23-14-17(13-18(15-26)24(28)27-16-19-7-6-12-32-19)10-11-22(23)33-25(29)20-8-4-5-9-21(20)30-2/h4-14H,3,16H2,1-2H3,(H,27,28)/b18-13+. The van der Waals surface area contributed by atoms with Crippen molar-refractivity contribution in [2.45, 2.75) is 13.5 Å². The molecule has 3 rings (SSSR count). The van der Waals surface area contributed by atoms with E-state index < -0.39 is 11.9 Å². The molecule has 33 heavy (non-hydrogen) atoms. The number of furan rings is 1. The summed E-state index contributed by atoms with van der Waals surface area (Å²) in [5.41, 5.74) is 0.703. The molecule has 1 N–H and O–H groups in total. The van der Waals surface area contributed by atoms with Crippen LogP contribution in [0.5, 0.6) is 17.2 Å². The van der Waals surface area contributed by atoms with Crippen molar-refractivity contribution in [3.8, 4) is 23.3 Å². The molecular formula is C25H22N2O6. The number of rotatable bonds is 9. The summed E-state index contributed by atoms with van der Waals surface area (Å²) < 4.78 is 21.5. The van der Waals surface area contributed by atoms with Crippen LogP contribution >= 0.6 is 0 Å². The van der Waals surface area contributed by atoms with Gasteiger partial charge in [-0.05, 0) is 55.0 Å². The van der Waals surface area contributed by atoms with Crippen molar-refractivity contribution in [1.29, 1.82) is 5.26 Å². The van der Waals surface area contributed by atoms with Crippen LogP contribution in [0.25, 0.3) is 6.08 Å². The van der Waals surface area contributed by atoms with Crippen LogP contribution in [-0.4, -0.2) is 25.6 Å².